The summed E-state index contributed by atoms with van der Waals surface area (Å²) in [4.78, 5) is 13.6. The van der Waals surface area contributed by atoms with Crippen molar-refractivity contribution >= 4 is 17.5 Å². The van der Waals surface area contributed by atoms with Gasteiger partial charge in [-0.2, -0.15) is 0 Å². The van der Waals surface area contributed by atoms with Crippen LogP contribution < -0.4 is 4.74 Å². The van der Waals surface area contributed by atoms with Crippen LogP contribution in [0.25, 0.3) is 0 Å². The highest BCUT2D eigenvalue weighted by atomic mass is 35.5. The largest absolute Gasteiger partial charge is 0.496 e. The van der Waals surface area contributed by atoms with Crippen molar-refractivity contribution in [2.45, 2.75) is 6.10 Å². The lowest BCUT2D eigenvalue weighted by Crippen LogP contribution is -2.36. The molecule has 0 bridgehead atoms. The average molecular weight is 288 g/mol. The standard InChI is InChI=1S/C13H18ClNO4/c1-15(7-10(16)8-18-2)13(17)11-5-4-9(14)6-12(11)19-3/h4-6,10,16H,7-8H2,1-3H3. The zero-order valence-electron chi connectivity index (χ0n) is 11.2. The third-order valence-corrected chi connectivity index (χ3v) is 2.82. The molecule has 0 saturated carbocycles. The monoisotopic (exact) mass is 287 g/mol. The minimum atomic E-state index is -0.725. The molecular weight excluding hydrogens is 270 g/mol. The van der Waals surface area contributed by atoms with Gasteiger partial charge < -0.3 is 19.5 Å². The van der Waals surface area contributed by atoms with E-state index in [9.17, 15) is 9.90 Å². The average Bonchev–Trinajstić information content (AvgIpc) is 2.37. The number of hydrogen-bond acceptors (Lipinski definition) is 4. The Morgan fingerprint density at radius 1 is 1.47 bits per heavy atom. The number of ether oxygens (including phenoxy) is 2. The number of nitrogens with zero attached hydrogens (tertiary/aromatic N) is 1. The van der Waals surface area contributed by atoms with Crippen molar-refractivity contribution in [3.05, 3.63) is 28.8 Å². The summed E-state index contributed by atoms with van der Waals surface area (Å²) in [7, 11) is 4.57. The first-order valence-electron chi connectivity index (χ1n) is 5.75. The van der Waals surface area contributed by atoms with E-state index in [0.29, 0.717) is 16.3 Å². The Kier molecular flexibility index (Phi) is 6.08. The second-order valence-corrected chi connectivity index (χ2v) is 4.58. The summed E-state index contributed by atoms with van der Waals surface area (Å²) >= 11 is 5.84. The van der Waals surface area contributed by atoms with E-state index < -0.39 is 6.10 Å². The fourth-order valence-corrected chi connectivity index (χ4v) is 1.85. The summed E-state index contributed by atoms with van der Waals surface area (Å²) in [5.74, 6) is 0.161. The van der Waals surface area contributed by atoms with Crippen LogP contribution in [0.15, 0.2) is 18.2 Å². The topological polar surface area (TPSA) is 59.0 Å². The molecule has 1 rings (SSSR count). The molecule has 0 spiro atoms. The van der Waals surface area contributed by atoms with Crippen molar-refractivity contribution in [3.63, 3.8) is 0 Å². The van der Waals surface area contributed by atoms with Gasteiger partial charge in [-0.25, -0.2) is 0 Å². The van der Waals surface area contributed by atoms with Gasteiger partial charge in [0.2, 0.25) is 0 Å². The maximum atomic E-state index is 12.2. The summed E-state index contributed by atoms with van der Waals surface area (Å²) in [5.41, 5.74) is 0.402. The summed E-state index contributed by atoms with van der Waals surface area (Å²) in [5, 5.41) is 10.1. The van der Waals surface area contributed by atoms with E-state index in [2.05, 4.69) is 0 Å². The molecule has 1 atom stereocenters. The molecule has 106 valence electrons. The third kappa shape index (κ3) is 4.38. The molecule has 19 heavy (non-hydrogen) atoms. The molecule has 1 N–H and O–H groups in total. The number of benzene rings is 1. The van der Waals surface area contributed by atoms with Crippen LogP contribution in [0.4, 0.5) is 0 Å². The number of amides is 1. The van der Waals surface area contributed by atoms with Crippen molar-refractivity contribution in [1.29, 1.82) is 0 Å². The van der Waals surface area contributed by atoms with Crippen molar-refractivity contribution in [2.24, 2.45) is 0 Å². The highest BCUT2D eigenvalue weighted by Crippen LogP contribution is 2.24. The van der Waals surface area contributed by atoms with Gasteiger partial charge in [0.25, 0.3) is 5.91 Å². The quantitative estimate of drug-likeness (QED) is 0.860. The van der Waals surface area contributed by atoms with E-state index in [1.807, 2.05) is 0 Å². The number of hydrogen-bond donors (Lipinski definition) is 1. The van der Waals surface area contributed by atoms with Crippen LogP contribution in [0, 0.1) is 0 Å². The Labute approximate surface area is 117 Å². The number of methoxy groups -OCH3 is 2. The molecule has 1 unspecified atom stereocenters. The molecule has 0 aliphatic carbocycles. The lowest BCUT2D eigenvalue weighted by molar-refractivity contribution is 0.0379. The number of aliphatic hydroxyl groups is 1. The second kappa shape index (κ2) is 7.33. The van der Waals surface area contributed by atoms with Gasteiger partial charge in [-0.15, -0.1) is 0 Å². The molecule has 0 saturated heterocycles. The van der Waals surface area contributed by atoms with Crippen LogP contribution in [0.1, 0.15) is 10.4 Å². The number of carbonyl (C=O) groups is 1. The van der Waals surface area contributed by atoms with E-state index >= 15 is 0 Å². The number of carbonyl (C=O) groups excluding carboxylic acids is 1. The van der Waals surface area contributed by atoms with Gasteiger partial charge in [0.15, 0.2) is 0 Å². The maximum Gasteiger partial charge on any atom is 0.257 e. The molecule has 5 nitrogen and oxygen atoms in total. The molecule has 1 aromatic carbocycles. The molecule has 6 heteroatoms. The van der Waals surface area contributed by atoms with Crippen LogP contribution in [0.3, 0.4) is 0 Å². The lowest BCUT2D eigenvalue weighted by atomic mass is 10.1. The lowest BCUT2D eigenvalue weighted by Gasteiger charge is -2.21. The van der Waals surface area contributed by atoms with Gasteiger partial charge in [0.1, 0.15) is 5.75 Å². The first-order valence-corrected chi connectivity index (χ1v) is 6.13. The minimum absolute atomic E-state index is 0.176. The Balaban J connectivity index is 2.82. The number of rotatable bonds is 6. The van der Waals surface area contributed by atoms with E-state index in [-0.39, 0.29) is 19.1 Å². The summed E-state index contributed by atoms with van der Waals surface area (Å²) in [6.45, 7) is 0.355. The van der Waals surface area contributed by atoms with Crippen molar-refractivity contribution in [1.82, 2.24) is 4.90 Å². The van der Waals surface area contributed by atoms with E-state index in [4.69, 9.17) is 21.1 Å². The fraction of sp³-hybridized carbons (Fsp3) is 0.462. The molecule has 0 aliphatic heterocycles. The molecule has 0 fully saturated rings. The van der Waals surface area contributed by atoms with Gasteiger partial charge in [-0.1, -0.05) is 11.6 Å². The molecule has 0 aromatic heterocycles. The van der Waals surface area contributed by atoms with E-state index in [1.54, 1.807) is 25.2 Å². The normalized spacial score (nSPS) is 12.1. The SMILES string of the molecule is COCC(O)CN(C)C(=O)c1ccc(Cl)cc1OC. The molecule has 0 aliphatic rings. The van der Waals surface area contributed by atoms with Crippen LogP contribution in [0.2, 0.25) is 5.02 Å². The second-order valence-electron chi connectivity index (χ2n) is 4.14. The van der Waals surface area contributed by atoms with Crippen molar-refractivity contribution < 1.29 is 19.4 Å². The third-order valence-electron chi connectivity index (χ3n) is 2.58. The smallest absolute Gasteiger partial charge is 0.257 e. The molecule has 0 radical (unpaired) electrons. The first kappa shape index (κ1) is 15.8. The zero-order chi connectivity index (χ0) is 14.4. The summed E-state index contributed by atoms with van der Waals surface area (Å²) in [6, 6.07) is 4.80. The number of likely N-dealkylation sites (N-methyl/N-ethyl adjacent to an activating group) is 1. The van der Waals surface area contributed by atoms with Crippen molar-refractivity contribution in [2.75, 3.05) is 34.4 Å². The highest BCUT2D eigenvalue weighted by molar-refractivity contribution is 6.30. The van der Waals surface area contributed by atoms with Crippen molar-refractivity contribution in [3.8, 4) is 5.75 Å². The van der Waals surface area contributed by atoms with Gasteiger partial charge in [-0.05, 0) is 18.2 Å². The molecule has 1 amide bonds. The Hall–Kier alpha value is -1.30. The van der Waals surface area contributed by atoms with Gasteiger partial charge >= 0.3 is 0 Å². The Morgan fingerprint density at radius 3 is 2.74 bits per heavy atom. The van der Waals surface area contributed by atoms with E-state index in [0.717, 1.165) is 0 Å². The summed E-state index contributed by atoms with van der Waals surface area (Å²) in [6.07, 6.45) is -0.725. The van der Waals surface area contributed by atoms with Crippen LogP contribution in [-0.2, 0) is 4.74 Å². The van der Waals surface area contributed by atoms with Crippen LogP contribution in [0.5, 0.6) is 5.75 Å². The molecular formula is C13H18ClNO4. The minimum Gasteiger partial charge on any atom is -0.496 e. The Morgan fingerprint density at radius 2 is 2.16 bits per heavy atom. The van der Waals surface area contributed by atoms with Gasteiger partial charge in [-0.3, -0.25) is 4.79 Å². The van der Waals surface area contributed by atoms with Gasteiger partial charge in [0.05, 0.1) is 25.4 Å². The first-order chi connectivity index (χ1) is 8.99. The predicted octanol–water partition coefficient (Wildman–Crippen LogP) is 1.43. The zero-order valence-corrected chi connectivity index (χ0v) is 12.0. The van der Waals surface area contributed by atoms with E-state index in [1.165, 1.54) is 19.1 Å². The highest BCUT2D eigenvalue weighted by Gasteiger charge is 2.19. The predicted molar refractivity (Wildman–Crippen MR) is 72.8 cm³/mol. The fourth-order valence-electron chi connectivity index (χ4n) is 1.69. The Bertz CT molecular complexity index is 439. The molecule has 1 aromatic rings. The van der Waals surface area contributed by atoms with Crippen LogP contribution in [-0.4, -0.2) is 56.4 Å². The molecule has 0 heterocycles. The maximum absolute atomic E-state index is 12.2. The van der Waals surface area contributed by atoms with Gasteiger partial charge in [0, 0.05) is 25.7 Å². The van der Waals surface area contributed by atoms with Crippen LogP contribution >= 0.6 is 11.6 Å². The summed E-state index contributed by atoms with van der Waals surface area (Å²) < 4.78 is 9.95. The number of halogens is 1. The number of aliphatic hydroxyl groups excluding tert-OH is 1.